The normalized spacial score (nSPS) is 12.2. The third-order valence-electron chi connectivity index (χ3n) is 12.1. The van der Waals surface area contributed by atoms with Crippen molar-refractivity contribution in [3.63, 3.8) is 0 Å². The monoisotopic (exact) mass is 796 g/mol. The summed E-state index contributed by atoms with van der Waals surface area (Å²) in [5, 5.41) is 7.92. The summed E-state index contributed by atoms with van der Waals surface area (Å²) in [5.41, 5.74) is 13.8. The van der Waals surface area contributed by atoms with Gasteiger partial charge < -0.3 is 4.42 Å². The number of benzene rings is 8. The van der Waals surface area contributed by atoms with E-state index in [4.69, 9.17) is 19.4 Å². The molecule has 0 amide bonds. The van der Waals surface area contributed by atoms with Gasteiger partial charge in [0.2, 0.25) is 0 Å². The second-order valence-electron chi connectivity index (χ2n) is 15.6. The zero-order valence-corrected chi connectivity index (χ0v) is 33.4. The molecule has 4 aromatic heterocycles. The van der Waals surface area contributed by atoms with Gasteiger partial charge in [0.15, 0.2) is 5.82 Å². The molecule has 6 heteroatoms. The summed E-state index contributed by atoms with van der Waals surface area (Å²) in [6, 6.07) is 66.5. The van der Waals surface area contributed by atoms with Crippen molar-refractivity contribution in [2.75, 3.05) is 0 Å². The van der Waals surface area contributed by atoms with Crippen LogP contribution in [0.5, 0.6) is 0 Å². The van der Waals surface area contributed by atoms with E-state index in [0.29, 0.717) is 5.82 Å². The fraction of sp³-hybridized carbons (Fsp3) is 0. The van der Waals surface area contributed by atoms with Gasteiger partial charge in [-0.1, -0.05) is 145 Å². The Morgan fingerprint density at radius 1 is 0.443 bits per heavy atom. The van der Waals surface area contributed by atoms with Crippen LogP contribution in [0.25, 0.3) is 116 Å². The van der Waals surface area contributed by atoms with Crippen molar-refractivity contribution >= 4 is 66.3 Å². The van der Waals surface area contributed by atoms with E-state index in [2.05, 4.69) is 162 Å². The topological polar surface area (TPSA) is 56.7 Å². The number of furan rings is 1. The predicted molar refractivity (Wildman–Crippen MR) is 250 cm³/mol. The number of fused-ring (bicyclic) bond motifs is 9. The number of nitrogens with zero attached hydrogens (tertiary/aromatic N) is 4. The molecule has 1 aliphatic heterocycles. The number of pyridine rings is 1. The molecule has 0 aliphatic carbocycles. The zero-order valence-electron chi connectivity index (χ0n) is 32.6. The van der Waals surface area contributed by atoms with Crippen molar-refractivity contribution in [3.8, 4) is 61.8 Å². The molecule has 0 saturated heterocycles. The molecule has 0 N–H and O–H groups in total. The van der Waals surface area contributed by atoms with Crippen LogP contribution in [-0.2, 0) is 0 Å². The van der Waals surface area contributed by atoms with Crippen LogP contribution in [0.4, 0.5) is 0 Å². The fourth-order valence-electron chi connectivity index (χ4n) is 9.21. The van der Waals surface area contributed by atoms with Crippen LogP contribution in [0.15, 0.2) is 209 Å². The molecule has 284 valence electrons. The van der Waals surface area contributed by atoms with Gasteiger partial charge in [0.25, 0.3) is 0 Å². The average molecular weight is 797 g/mol. The molecule has 0 atom stereocenters. The standard InChI is InChI=1S/C55H32N4OS/c1-3-11-33(12-4-1)34-20-22-35(23-21-34)46-32-51(58-54(57-46)36-13-5-2-6-14-36)59-47-18-8-7-15-39(47)42-29-37(24-26-48(42)59)38-25-27-49-43(30-38)45-31-44-40-17-10-28-56-55(40)61-50-19-9-16-41(52(44)50)53(45)60-49/h1-32H. The van der Waals surface area contributed by atoms with E-state index in [1.54, 1.807) is 11.8 Å². The molecule has 5 heterocycles. The van der Waals surface area contributed by atoms with E-state index in [0.717, 1.165) is 93.5 Å². The highest BCUT2D eigenvalue weighted by atomic mass is 32.2. The molecule has 0 radical (unpaired) electrons. The average Bonchev–Trinajstić information content (AvgIpc) is 3.87. The molecule has 5 nitrogen and oxygen atoms in total. The number of para-hydroxylation sites is 1. The van der Waals surface area contributed by atoms with Crippen molar-refractivity contribution < 1.29 is 4.42 Å². The van der Waals surface area contributed by atoms with Gasteiger partial charge in [0.1, 0.15) is 22.0 Å². The molecule has 61 heavy (non-hydrogen) atoms. The minimum Gasteiger partial charge on any atom is -0.455 e. The third kappa shape index (κ3) is 5.39. The minimum absolute atomic E-state index is 0.681. The van der Waals surface area contributed by atoms with Crippen LogP contribution in [0.1, 0.15) is 0 Å². The molecule has 0 spiro atoms. The van der Waals surface area contributed by atoms with E-state index in [1.807, 2.05) is 36.5 Å². The molecule has 0 fully saturated rings. The largest absolute Gasteiger partial charge is 0.455 e. The quantitative estimate of drug-likeness (QED) is 0.174. The molecule has 8 aromatic carbocycles. The molecular weight excluding hydrogens is 765 g/mol. The number of hydrogen-bond donors (Lipinski definition) is 0. The summed E-state index contributed by atoms with van der Waals surface area (Å²) in [4.78, 5) is 16.4. The summed E-state index contributed by atoms with van der Waals surface area (Å²) in [6.07, 6.45) is 1.88. The Labute approximate surface area is 354 Å². The van der Waals surface area contributed by atoms with Crippen LogP contribution in [-0.4, -0.2) is 19.5 Å². The third-order valence-corrected chi connectivity index (χ3v) is 13.2. The van der Waals surface area contributed by atoms with E-state index in [9.17, 15) is 0 Å². The van der Waals surface area contributed by atoms with Gasteiger partial charge in [-0.15, -0.1) is 0 Å². The molecule has 0 unspecified atom stereocenters. The first-order valence-corrected chi connectivity index (χ1v) is 21.2. The van der Waals surface area contributed by atoms with Crippen LogP contribution >= 0.6 is 11.8 Å². The SMILES string of the molecule is c1ccc(-c2ccc(-c3cc(-n4c5ccccc5c5cc(-c6ccc7oc8c9cccc%10c9c(cc8c7c6)-c6cccnc6S%10)ccc54)nc(-c4ccccc4)n3)cc2)cc1. The molecule has 0 bridgehead atoms. The lowest BCUT2D eigenvalue weighted by Crippen LogP contribution is -2.02. The first-order valence-electron chi connectivity index (χ1n) is 20.4. The Kier molecular flexibility index (Phi) is 7.47. The first kappa shape index (κ1) is 34.1. The van der Waals surface area contributed by atoms with Crippen molar-refractivity contribution in [1.29, 1.82) is 0 Å². The Morgan fingerprint density at radius 3 is 1.98 bits per heavy atom. The van der Waals surface area contributed by atoms with Crippen LogP contribution in [0, 0.1) is 0 Å². The summed E-state index contributed by atoms with van der Waals surface area (Å²) < 4.78 is 8.96. The van der Waals surface area contributed by atoms with Crippen molar-refractivity contribution in [2.45, 2.75) is 9.92 Å². The van der Waals surface area contributed by atoms with Crippen molar-refractivity contribution in [1.82, 2.24) is 19.5 Å². The number of hydrogen-bond acceptors (Lipinski definition) is 5. The van der Waals surface area contributed by atoms with Crippen LogP contribution in [0.2, 0.25) is 0 Å². The highest BCUT2D eigenvalue weighted by Gasteiger charge is 2.24. The van der Waals surface area contributed by atoms with Gasteiger partial charge in [-0.05, 0) is 76.3 Å². The second kappa shape index (κ2) is 13.4. The summed E-state index contributed by atoms with van der Waals surface area (Å²) in [7, 11) is 0. The van der Waals surface area contributed by atoms with E-state index in [-0.39, 0.29) is 0 Å². The fourth-order valence-corrected chi connectivity index (χ4v) is 10.3. The predicted octanol–water partition coefficient (Wildman–Crippen LogP) is 14.8. The van der Waals surface area contributed by atoms with Gasteiger partial charge in [-0.3, -0.25) is 4.57 Å². The highest BCUT2D eigenvalue weighted by Crippen LogP contribution is 2.50. The van der Waals surface area contributed by atoms with E-state index >= 15 is 0 Å². The van der Waals surface area contributed by atoms with Gasteiger partial charge in [-0.25, -0.2) is 15.0 Å². The first-order chi connectivity index (χ1) is 30.2. The lowest BCUT2D eigenvalue weighted by molar-refractivity contribution is 0.672. The van der Waals surface area contributed by atoms with E-state index in [1.165, 1.54) is 27.0 Å². The van der Waals surface area contributed by atoms with Gasteiger partial charge in [0.05, 0.1) is 16.7 Å². The zero-order chi connectivity index (χ0) is 40.0. The molecule has 12 aromatic rings. The van der Waals surface area contributed by atoms with Gasteiger partial charge in [-0.2, -0.15) is 0 Å². The maximum atomic E-state index is 6.67. The molecule has 13 rings (SSSR count). The summed E-state index contributed by atoms with van der Waals surface area (Å²) in [6.45, 7) is 0. The van der Waals surface area contributed by atoms with Crippen molar-refractivity contribution in [2.24, 2.45) is 0 Å². The van der Waals surface area contributed by atoms with Gasteiger partial charge >= 0.3 is 0 Å². The van der Waals surface area contributed by atoms with Gasteiger partial charge in [0, 0.05) is 66.2 Å². The lowest BCUT2D eigenvalue weighted by Gasteiger charge is -2.19. The number of rotatable bonds is 5. The maximum Gasteiger partial charge on any atom is 0.162 e. The van der Waals surface area contributed by atoms with Crippen LogP contribution in [0.3, 0.4) is 0 Å². The Morgan fingerprint density at radius 2 is 1.13 bits per heavy atom. The highest BCUT2D eigenvalue weighted by molar-refractivity contribution is 7.99. The maximum absolute atomic E-state index is 6.67. The Bertz CT molecular complexity index is 3720. The molecule has 1 aliphatic rings. The van der Waals surface area contributed by atoms with Crippen molar-refractivity contribution in [3.05, 3.63) is 194 Å². The summed E-state index contributed by atoms with van der Waals surface area (Å²) in [5.74, 6) is 1.50. The lowest BCUT2D eigenvalue weighted by atomic mass is 9.95. The Hall–Kier alpha value is -7.80. The van der Waals surface area contributed by atoms with E-state index < -0.39 is 0 Å². The summed E-state index contributed by atoms with van der Waals surface area (Å²) >= 11 is 1.73. The molecule has 0 saturated carbocycles. The second-order valence-corrected chi connectivity index (χ2v) is 16.6. The smallest absolute Gasteiger partial charge is 0.162 e. The molecular formula is C55H32N4OS. The number of aromatic nitrogens is 4. The van der Waals surface area contributed by atoms with Crippen LogP contribution < -0.4 is 0 Å². The minimum atomic E-state index is 0.681. The Balaban J connectivity index is 0.969.